The van der Waals surface area contributed by atoms with Crippen LogP contribution in [0.4, 0.5) is 4.39 Å². The van der Waals surface area contributed by atoms with Crippen molar-refractivity contribution in [2.24, 2.45) is 5.73 Å². The maximum absolute atomic E-state index is 13.3. The summed E-state index contributed by atoms with van der Waals surface area (Å²) in [7, 11) is 0. The van der Waals surface area contributed by atoms with Crippen molar-refractivity contribution in [2.75, 3.05) is 0 Å². The minimum Gasteiger partial charge on any atom is -0.326 e. The second kappa shape index (κ2) is 6.23. The lowest BCUT2D eigenvalue weighted by atomic mass is 10.1. The molecular weight excluding hydrogens is 269 g/mol. The molecule has 0 aromatic heterocycles. The maximum atomic E-state index is 13.3. The van der Waals surface area contributed by atoms with E-state index in [0.717, 1.165) is 21.0 Å². The summed E-state index contributed by atoms with van der Waals surface area (Å²) in [5.41, 5.74) is 7.25. The highest BCUT2D eigenvalue weighted by atomic mass is 35.5. The highest BCUT2D eigenvalue weighted by Crippen LogP contribution is 2.29. The summed E-state index contributed by atoms with van der Waals surface area (Å²) in [6, 6.07) is 12.5. The molecule has 2 aromatic rings. The van der Waals surface area contributed by atoms with Gasteiger partial charge in [-0.05, 0) is 35.4 Å². The number of hydrogen-bond acceptors (Lipinski definition) is 2. The molecule has 2 N–H and O–H groups in total. The largest absolute Gasteiger partial charge is 0.326 e. The monoisotopic (exact) mass is 281 g/mol. The molecule has 18 heavy (non-hydrogen) atoms. The third kappa shape index (κ3) is 3.48. The van der Waals surface area contributed by atoms with Crippen LogP contribution in [0.15, 0.2) is 47.4 Å². The van der Waals surface area contributed by atoms with Crippen LogP contribution >= 0.6 is 23.4 Å². The average molecular weight is 282 g/mol. The Labute approximate surface area is 115 Å². The molecule has 0 atom stereocenters. The van der Waals surface area contributed by atoms with Crippen LogP contribution in [0.5, 0.6) is 0 Å². The highest BCUT2D eigenvalue weighted by molar-refractivity contribution is 7.98. The van der Waals surface area contributed by atoms with Crippen molar-refractivity contribution in [3.05, 3.63) is 64.4 Å². The van der Waals surface area contributed by atoms with Crippen molar-refractivity contribution in [1.82, 2.24) is 0 Å². The molecule has 0 amide bonds. The summed E-state index contributed by atoms with van der Waals surface area (Å²) in [6.07, 6.45) is 0. The zero-order valence-electron chi connectivity index (χ0n) is 9.70. The Morgan fingerprint density at radius 2 is 1.83 bits per heavy atom. The number of rotatable bonds is 4. The molecule has 0 aliphatic carbocycles. The molecule has 2 rings (SSSR count). The lowest BCUT2D eigenvalue weighted by Gasteiger charge is -2.06. The highest BCUT2D eigenvalue weighted by Gasteiger charge is 2.03. The van der Waals surface area contributed by atoms with Gasteiger partial charge < -0.3 is 5.73 Å². The van der Waals surface area contributed by atoms with Gasteiger partial charge in [0.15, 0.2) is 0 Å². The molecule has 0 bridgehead atoms. The molecule has 0 radical (unpaired) electrons. The van der Waals surface area contributed by atoms with Gasteiger partial charge in [0.1, 0.15) is 5.82 Å². The maximum Gasteiger partial charge on any atom is 0.123 e. The molecule has 0 fully saturated rings. The zero-order valence-corrected chi connectivity index (χ0v) is 11.3. The van der Waals surface area contributed by atoms with E-state index in [1.807, 2.05) is 30.3 Å². The van der Waals surface area contributed by atoms with Crippen molar-refractivity contribution < 1.29 is 4.39 Å². The van der Waals surface area contributed by atoms with Crippen LogP contribution in [0.3, 0.4) is 0 Å². The zero-order chi connectivity index (χ0) is 13.0. The van der Waals surface area contributed by atoms with Gasteiger partial charge in [0, 0.05) is 17.2 Å². The van der Waals surface area contributed by atoms with Crippen LogP contribution in [-0.2, 0) is 12.3 Å². The van der Waals surface area contributed by atoms with E-state index in [0.29, 0.717) is 12.3 Å². The number of thioether (sulfide) groups is 1. The van der Waals surface area contributed by atoms with Crippen molar-refractivity contribution in [3.63, 3.8) is 0 Å². The van der Waals surface area contributed by atoms with Crippen molar-refractivity contribution in [2.45, 2.75) is 17.2 Å². The van der Waals surface area contributed by atoms with E-state index in [4.69, 9.17) is 17.3 Å². The predicted molar refractivity (Wildman–Crippen MR) is 75.3 cm³/mol. The van der Waals surface area contributed by atoms with E-state index in [1.54, 1.807) is 11.8 Å². The Bertz CT molecular complexity index is 545. The van der Waals surface area contributed by atoms with Gasteiger partial charge in [-0.25, -0.2) is 4.39 Å². The van der Waals surface area contributed by atoms with E-state index in [9.17, 15) is 4.39 Å². The molecule has 0 aliphatic heterocycles. The summed E-state index contributed by atoms with van der Waals surface area (Å²) in [4.78, 5) is 0.998. The fourth-order valence-corrected chi connectivity index (χ4v) is 2.81. The van der Waals surface area contributed by atoms with Crippen LogP contribution in [0.1, 0.15) is 11.1 Å². The smallest absolute Gasteiger partial charge is 0.123 e. The van der Waals surface area contributed by atoms with Crippen LogP contribution < -0.4 is 5.73 Å². The first-order chi connectivity index (χ1) is 8.69. The molecule has 1 nitrogen and oxygen atoms in total. The van der Waals surface area contributed by atoms with E-state index < -0.39 is 0 Å². The molecule has 0 aliphatic rings. The number of halogens is 2. The standard InChI is InChI=1S/C14H13ClFNS/c15-13-3-1-2-4-14(13)18-9-11-5-10(8-17)6-12(16)7-11/h1-7H,8-9,17H2. The van der Waals surface area contributed by atoms with E-state index in [-0.39, 0.29) is 5.82 Å². The minimum absolute atomic E-state index is 0.243. The average Bonchev–Trinajstić information content (AvgIpc) is 2.37. The van der Waals surface area contributed by atoms with Gasteiger partial charge in [-0.15, -0.1) is 11.8 Å². The third-order valence-electron chi connectivity index (χ3n) is 2.48. The molecular formula is C14H13ClFNS. The van der Waals surface area contributed by atoms with Crippen LogP contribution in [0.25, 0.3) is 0 Å². The van der Waals surface area contributed by atoms with Crippen LogP contribution in [0.2, 0.25) is 5.02 Å². The minimum atomic E-state index is -0.243. The SMILES string of the molecule is NCc1cc(F)cc(CSc2ccccc2Cl)c1. The summed E-state index contributed by atoms with van der Waals surface area (Å²) < 4.78 is 13.3. The first-order valence-corrected chi connectivity index (χ1v) is 6.91. The molecule has 94 valence electrons. The normalized spacial score (nSPS) is 10.6. The Morgan fingerprint density at radius 3 is 2.56 bits per heavy atom. The predicted octanol–water partition coefficient (Wildman–Crippen LogP) is 4.23. The molecule has 0 spiro atoms. The second-order valence-electron chi connectivity index (χ2n) is 3.89. The van der Waals surface area contributed by atoms with Gasteiger partial charge >= 0.3 is 0 Å². The topological polar surface area (TPSA) is 26.0 Å². The second-order valence-corrected chi connectivity index (χ2v) is 5.32. The number of nitrogens with two attached hydrogens (primary N) is 1. The van der Waals surface area contributed by atoms with Crippen molar-refractivity contribution in [1.29, 1.82) is 0 Å². The fraction of sp³-hybridized carbons (Fsp3) is 0.143. The quantitative estimate of drug-likeness (QED) is 0.849. The molecule has 4 heteroatoms. The summed E-state index contributed by atoms with van der Waals surface area (Å²) in [6.45, 7) is 0.349. The summed E-state index contributed by atoms with van der Waals surface area (Å²) >= 11 is 7.65. The Balaban J connectivity index is 2.11. The van der Waals surface area contributed by atoms with Crippen molar-refractivity contribution >= 4 is 23.4 Å². The lowest BCUT2D eigenvalue weighted by molar-refractivity contribution is 0.624. The van der Waals surface area contributed by atoms with Gasteiger partial charge in [0.05, 0.1) is 5.02 Å². The van der Waals surface area contributed by atoms with Gasteiger partial charge in [-0.1, -0.05) is 29.8 Å². The van der Waals surface area contributed by atoms with Crippen LogP contribution in [-0.4, -0.2) is 0 Å². The van der Waals surface area contributed by atoms with Gasteiger partial charge in [0.2, 0.25) is 0 Å². The van der Waals surface area contributed by atoms with Crippen molar-refractivity contribution in [3.8, 4) is 0 Å². The molecule has 0 saturated heterocycles. The summed E-state index contributed by atoms with van der Waals surface area (Å²) in [5.74, 6) is 0.432. The molecule has 2 aromatic carbocycles. The lowest BCUT2D eigenvalue weighted by Crippen LogP contribution is -1.98. The van der Waals surface area contributed by atoms with Gasteiger partial charge in [0.25, 0.3) is 0 Å². The van der Waals surface area contributed by atoms with E-state index in [1.165, 1.54) is 12.1 Å². The fourth-order valence-electron chi connectivity index (χ4n) is 1.64. The molecule has 0 heterocycles. The van der Waals surface area contributed by atoms with Gasteiger partial charge in [-0.2, -0.15) is 0 Å². The Kier molecular flexibility index (Phi) is 4.64. The van der Waals surface area contributed by atoms with E-state index in [2.05, 4.69) is 0 Å². The molecule has 0 unspecified atom stereocenters. The van der Waals surface area contributed by atoms with E-state index >= 15 is 0 Å². The van der Waals surface area contributed by atoms with Gasteiger partial charge in [-0.3, -0.25) is 0 Å². The summed E-state index contributed by atoms with van der Waals surface area (Å²) in [5, 5.41) is 0.720. The third-order valence-corrected chi connectivity index (χ3v) is 4.07. The number of benzene rings is 2. The first kappa shape index (κ1) is 13.4. The Morgan fingerprint density at radius 1 is 1.11 bits per heavy atom. The Hall–Kier alpha value is -1.03. The number of hydrogen-bond donors (Lipinski definition) is 1. The first-order valence-electron chi connectivity index (χ1n) is 5.55. The molecule has 0 saturated carbocycles. The van der Waals surface area contributed by atoms with Crippen LogP contribution in [0, 0.1) is 5.82 Å².